The van der Waals surface area contributed by atoms with Crippen LogP contribution in [0.25, 0.3) is 0 Å². The molecule has 1 amide bonds. The number of carbonyl (C=O) groups excluding carboxylic acids is 1. The minimum atomic E-state index is -0.623. The van der Waals surface area contributed by atoms with Gasteiger partial charge in [0.25, 0.3) is 0 Å². The average molecular weight is 316 g/mol. The number of nitrogens with zero attached hydrogens (tertiary/aromatic N) is 2. The van der Waals surface area contributed by atoms with Gasteiger partial charge >= 0.3 is 0 Å². The highest BCUT2D eigenvalue weighted by atomic mass is 16.5. The van der Waals surface area contributed by atoms with Crippen LogP contribution in [0.2, 0.25) is 0 Å². The number of benzene rings is 1. The van der Waals surface area contributed by atoms with E-state index in [0.717, 1.165) is 30.6 Å². The van der Waals surface area contributed by atoms with Crippen molar-refractivity contribution < 1.29 is 9.53 Å². The molecule has 0 aliphatic rings. The largest absolute Gasteiger partial charge is 0.493 e. The van der Waals surface area contributed by atoms with Gasteiger partial charge in [-0.1, -0.05) is 39.0 Å². The molecule has 1 aromatic rings. The molecule has 0 spiro atoms. The van der Waals surface area contributed by atoms with Crippen LogP contribution in [0.15, 0.2) is 24.3 Å². The fourth-order valence-electron chi connectivity index (χ4n) is 2.56. The van der Waals surface area contributed by atoms with E-state index in [1.807, 2.05) is 38.1 Å². The molecule has 0 bridgehead atoms. The summed E-state index contributed by atoms with van der Waals surface area (Å²) in [5.41, 5.74) is 1.14. The summed E-state index contributed by atoms with van der Waals surface area (Å²) < 4.78 is 5.79. The average Bonchev–Trinajstić information content (AvgIpc) is 2.58. The first-order chi connectivity index (χ1) is 11.2. The quantitative estimate of drug-likeness (QED) is 0.659. The SMILES string of the molecule is CCCN(CCC)C(=O)C(C#N)CCOc1ccccc1CC. The molecule has 1 aromatic carbocycles. The van der Waals surface area contributed by atoms with Gasteiger partial charge in [0.2, 0.25) is 5.91 Å². The molecule has 0 aromatic heterocycles. The summed E-state index contributed by atoms with van der Waals surface area (Å²) in [4.78, 5) is 14.3. The predicted octanol–water partition coefficient (Wildman–Crippen LogP) is 3.81. The van der Waals surface area contributed by atoms with E-state index in [4.69, 9.17) is 4.74 Å². The summed E-state index contributed by atoms with van der Waals surface area (Å²) in [6.45, 7) is 7.98. The van der Waals surface area contributed by atoms with Crippen molar-refractivity contribution in [2.75, 3.05) is 19.7 Å². The molecule has 126 valence electrons. The molecule has 4 nitrogen and oxygen atoms in total. The minimum absolute atomic E-state index is 0.0661. The Labute approximate surface area is 140 Å². The number of aryl methyl sites for hydroxylation is 1. The monoisotopic (exact) mass is 316 g/mol. The predicted molar refractivity (Wildman–Crippen MR) is 92.2 cm³/mol. The smallest absolute Gasteiger partial charge is 0.240 e. The maximum atomic E-state index is 12.5. The second-order valence-corrected chi connectivity index (χ2v) is 5.61. The molecule has 4 heteroatoms. The molecule has 0 saturated carbocycles. The van der Waals surface area contributed by atoms with Gasteiger partial charge in [-0.25, -0.2) is 0 Å². The van der Waals surface area contributed by atoms with Crippen molar-refractivity contribution in [3.05, 3.63) is 29.8 Å². The number of hydrogen-bond donors (Lipinski definition) is 0. The van der Waals surface area contributed by atoms with Crippen LogP contribution in [0.3, 0.4) is 0 Å². The molecular weight excluding hydrogens is 288 g/mol. The maximum Gasteiger partial charge on any atom is 0.240 e. The summed E-state index contributed by atoms with van der Waals surface area (Å²) in [6.07, 6.45) is 3.14. The zero-order valence-electron chi connectivity index (χ0n) is 14.5. The Morgan fingerprint density at radius 1 is 1.22 bits per heavy atom. The Bertz CT molecular complexity index is 516. The van der Waals surface area contributed by atoms with Gasteiger partial charge in [-0.15, -0.1) is 0 Å². The van der Waals surface area contributed by atoms with Crippen molar-refractivity contribution in [1.29, 1.82) is 5.26 Å². The third-order valence-corrected chi connectivity index (χ3v) is 3.77. The zero-order chi connectivity index (χ0) is 17.1. The molecule has 23 heavy (non-hydrogen) atoms. The van der Waals surface area contributed by atoms with Crippen LogP contribution in [-0.2, 0) is 11.2 Å². The van der Waals surface area contributed by atoms with E-state index in [2.05, 4.69) is 13.0 Å². The molecule has 0 fully saturated rings. The number of hydrogen-bond acceptors (Lipinski definition) is 3. The Balaban J connectivity index is 2.59. The van der Waals surface area contributed by atoms with E-state index >= 15 is 0 Å². The summed E-state index contributed by atoms with van der Waals surface area (Å²) >= 11 is 0. The van der Waals surface area contributed by atoms with Crippen LogP contribution >= 0.6 is 0 Å². The number of ether oxygens (including phenoxy) is 1. The van der Waals surface area contributed by atoms with Gasteiger partial charge in [-0.3, -0.25) is 4.79 Å². The molecule has 1 atom stereocenters. The van der Waals surface area contributed by atoms with E-state index in [1.165, 1.54) is 0 Å². The zero-order valence-corrected chi connectivity index (χ0v) is 14.5. The highest BCUT2D eigenvalue weighted by Gasteiger charge is 2.23. The van der Waals surface area contributed by atoms with E-state index in [-0.39, 0.29) is 5.91 Å². The molecule has 1 unspecified atom stereocenters. The van der Waals surface area contributed by atoms with E-state index in [0.29, 0.717) is 26.1 Å². The fraction of sp³-hybridized carbons (Fsp3) is 0.579. The number of carbonyl (C=O) groups is 1. The van der Waals surface area contributed by atoms with Crippen LogP contribution in [0.4, 0.5) is 0 Å². The van der Waals surface area contributed by atoms with Gasteiger partial charge in [0, 0.05) is 19.5 Å². The first-order valence-corrected chi connectivity index (χ1v) is 8.56. The maximum absolute atomic E-state index is 12.5. The number of para-hydroxylation sites is 1. The van der Waals surface area contributed by atoms with Crippen LogP contribution < -0.4 is 4.74 Å². The van der Waals surface area contributed by atoms with Gasteiger partial charge in [0.05, 0.1) is 12.7 Å². The van der Waals surface area contributed by atoms with Crippen molar-refractivity contribution in [3.8, 4) is 11.8 Å². The highest BCUT2D eigenvalue weighted by Crippen LogP contribution is 2.19. The fourth-order valence-corrected chi connectivity index (χ4v) is 2.56. The molecule has 1 rings (SSSR count). The number of amides is 1. The Kier molecular flexibility index (Phi) is 8.82. The Morgan fingerprint density at radius 2 is 1.87 bits per heavy atom. The summed E-state index contributed by atoms with van der Waals surface area (Å²) in [7, 11) is 0. The molecule has 0 radical (unpaired) electrons. The lowest BCUT2D eigenvalue weighted by atomic mass is 10.1. The van der Waals surface area contributed by atoms with Crippen molar-refractivity contribution in [1.82, 2.24) is 4.90 Å². The second-order valence-electron chi connectivity index (χ2n) is 5.61. The molecule has 0 heterocycles. The lowest BCUT2D eigenvalue weighted by Crippen LogP contribution is -2.37. The first kappa shape index (κ1) is 19.0. The van der Waals surface area contributed by atoms with Gasteiger partial charge in [0.1, 0.15) is 11.7 Å². The van der Waals surface area contributed by atoms with Gasteiger partial charge < -0.3 is 9.64 Å². The highest BCUT2D eigenvalue weighted by molar-refractivity contribution is 5.81. The number of nitriles is 1. The summed E-state index contributed by atoms with van der Waals surface area (Å²) in [6, 6.07) is 10.0. The van der Waals surface area contributed by atoms with E-state index < -0.39 is 5.92 Å². The Morgan fingerprint density at radius 3 is 2.43 bits per heavy atom. The topological polar surface area (TPSA) is 53.3 Å². The van der Waals surface area contributed by atoms with Crippen molar-refractivity contribution in [3.63, 3.8) is 0 Å². The van der Waals surface area contributed by atoms with E-state index in [1.54, 1.807) is 4.90 Å². The lowest BCUT2D eigenvalue weighted by molar-refractivity contribution is -0.134. The normalized spacial score (nSPS) is 11.6. The van der Waals surface area contributed by atoms with Crippen molar-refractivity contribution in [2.45, 2.75) is 46.5 Å². The molecule has 0 aliphatic carbocycles. The molecule has 0 aliphatic heterocycles. The summed E-state index contributed by atoms with van der Waals surface area (Å²) in [5, 5.41) is 9.33. The first-order valence-electron chi connectivity index (χ1n) is 8.56. The summed E-state index contributed by atoms with van der Waals surface area (Å²) in [5.74, 6) is 0.156. The van der Waals surface area contributed by atoms with Crippen molar-refractivity contribution >= 4 is 5.91 Å². The standard InChI is InChI=1S/C19H28N2O2/c1-4-12-21(13-5-2)19(22)17(15-20)11-14-23-18-10-8-7-9-16(18)6-3/h7-10,17H,4-6,11-14H2,1-3H3. The second kappa shape index (κ2) is 10.7. The Hall–Kier alpha value is -2.02. The minimum Gasteiger partial charge on any atom is -0.493 e. The number of rotatable bonds is 10. The van der Waals surface area contributed by atoms with Gasteiger partial charge in [-0.2, -0.15) is 5.26 Å². The van der Waals surface area contributed by atoms with E-state index in [9.17, 15) is 10.1 Å². The lowest BCUT2D eigenvalue weighted by Gasteiger charge is -2.24. The van der Waals surface area contributed by atoms with Gasteiger partial charge in [-0.05, 0) is 30.9 Å². The third-order valence-electron chi connectivity index (χ3n) is 3.77. The molecular formula is C19H28N2O2. The van der Waals surface area contributed by atoms with Crippen LogP contribution in [-0.4, -0.2) is 30.5 Å². The van der Waals surface area contributed by atoms with Gasteiger partial charge in [0.15, 0.2) is 0 Å². The third kappa shape index (κ3) is 5.94. The molecule has 0 saturated heterocycles. The van der Waals surface area contributed by atoms with Crippen LogP contribution in [0, 0.1) is 17.2 Å². The van der Waals surface area contributed by atoms with Crippen molar-refractivity contribution in [2.24, 2.45) is 5.92 Å². The van der Waals surface area contributed by atoms with Crippen LogP contribution in [0.5, 0.6) is 5.75 Å². The molecule has 0 N–H and O–H groups in total. The van der Waals surface area contributed by atoms with Crippen LogP contribution in [0.1, 0.15) is 45.6 Å².